The maximum absolute atomic E-state index is 10.2. The Labute approximate surface area is 66.0 Å². The van der Waals surface area contributed by atoms with Crippen molar-refractivity contribution in [3.8, 4) is 6.07 Å². The lowest BCUT2D eigenvalue weighted by atomic mass is 10.1. The van der Waals surface area contributed by atoms with Gasteiger partial charge in [0.05, 0.1) is 12.5 Å². The summed E-state index contributed by atoms with van der Waals surface area (Å²) in [4.78, 5) is 10.2. The first-order chi connectivity index (χ1) is 5.20. The standard InChI is InChI=1S/C8H11NO2/c1-2-3-7(4-5-9)6-8(10)11/h4H,2-3,6H2,1H3,(H,10,11)/b7-4+. The van der Waals surface area contributed by atoms with Gasteiger partial charge in [0.15, 0.2) is 0 Å². The molecule has 0 aromatic carbocycles. The summed E-state index contributed by atoms with van der Waals surface area (Å²) in [6, 6.07) is 1.83. The number of allylic oxidation sites excluding steroid dienone is 1. The minimum atomic E-state index is -0.875. The predicted octanol–water partition coefficient (Wildman–Crippen LogP) is 1.71. The summed E-state index contributed by atoms with van der Waals surface area (Å²) in [6.07, 6.45) is 2.87. The fourth-order valence-corrected chi connectivity index (χ4v) is 0.818. The van der Waals surface area contributed by atoms with Crippen molar-refractivity contribution in [3.05, 3.63) is 11.6 Å². The Bertz CT molecular complexity index is 201. The highest BCUT2D eigenvalue weighted by Gasteiger charge is 2.01. The Kier molecular flexibility index (Phi) is 4.83. The molecule has 0 aliphatic carbocycles. The van der Waals surface area contributed by atoms with Gasteiger partial charge >= 0.3 is 5.97 Å². The number of aliphatic carboxylic acids is 1. The van der Waals surface area contributed by atoms with E-state index in [-0.39, 0.29) is 6.42 Å². The van der Waals surface area contributed by atoms with Crippen LogP contribution < -0.4 is 0 Å². The van der Waals surface area contributed by atoms with Crippen molar-refractivity contribution in [1.82, 2.24) is 0 Å². The minimum Gasteiger partial charge on any atom is -0.481 e. The maximum Gasteiger partial charge on any atom is 0.307 e. The van der Waals surface area contributed by atoms with Gasteiger partial charge in [0.2, 0.25) is 0 Å². The largest absolute Gasteiger partial charge is 0.481 e. The van der Waals surface area contributed by atoms with Crippen LogP contribution in [0.2, 0.25) is 0 Å². The number of carboxylic acid groups (broad SMARTS) is 1. The molecular formula is C8H11NO2. The summed E-state index contributed by atoms with van der Waals surface area (Å²) in [5.41, 5.74) is 0.697. The van der Waals surface area contributed by atoms with Crippen molar-refractivity contribution in [2.75, 3.05) is 0 Å². The molecule has 0 aliphatic heterocycles. The van der Waals surface area contributed by atoms with Gasteiger partial charge in [-0.3, -0.25) is 4.79 Å². The zero-order valence-corrected chi connectivity index (χ0v) is 6.50. The summed E-state index contributed by atoms with van der Waals surface area (Å²) < 4.78 is 0. The van der Waals surface area contributed by atoms with Gasteiger partial charge in [-0.05, 0) is 12.0 Å². The third-order valence-electron chi connectivity index (χ3n) is 1.22. The van der Waals surface area contributed by atoms with Gasteiger partial charge in [-0.15, -0.1) is 0 Å². The van der Waals surface area contributed by atoms with Crippen molar-refractivity contribution in [3.63, 3.8) is 0 Å². The van der Waals surface area contributed by atoms with E-state index in [1.54, 1.807) is 0 Å². The van der Waals surface area contributed by atoms with E-state index in [4.69, 9.17) is 10.4 Å². The molecule has 0 aromatic rings. The molecule has 0 spiro atoms. The molecule has 0 aliphatic rings. The first-order valence-electron chi connectivity index (χ1n) is 3.50. The van der Waals surface area contributed by atoms with Crippen LogP contribution in [0.4, 0.5) is 0 Å². The molecule has 0 saturated carbocycles. The van der Waals surface area contributed by atoms with Crippen LogP contribution in [0.1, 0.15) is 26.2 Å². The van der Waals surface area contributed by atoms with Crippen LogP contribution in [0.3, 0.4) is 0 Å². The minimum absolute atomic E-state index is 0.0125. The summed E-state index contributed by atoms with van der Waals surface area (Å²) in [7, 11) is 0. The molecule has 0 aromatic heterocycles. The van der Waals surface area contributed by atoms with E-state index in [1.165, 1.54) is 6.08 Å². The second-order valence-electron chi connectivity index (χ2n) is 2.25. The summed E-state index contributed by atoms with van der Waals surface area (Å²) >= 11 is 0. The fraction of sp³-hybridized carbons (Fsp3) is 0.500. The van der Waals surface area contributed by atoms with Crippen LogP contribution in [-0.2, 0) is 4.79 Å². The third-order valence-corrected chi connectivity index (χ3v) is 1.22. The van der Waals surface area contributed by atoms with Gasteiger partial charge < -0.3 is 5.11 Å². The van der Waals surface area contributed by atoms with Gasteiger partial charge in [0.25, 0.3) is 0 Å². The number of hydrogen-bond donors (Lipinski definition) is 1. The smallest absolute Gasteiger partial charge is 0.307 e. The molecule has 0 bridgehead atoms. The quantitative estimate of drug-likeness (QED) is 0.625. The van der Waals surface area contributed by atoms with Crippen LogP contribution in [0.25, 0.3) is 0 Å². The van der Waals surface area contributed by atoms with Gasteiger partial charge in [-0.2, -0.15) is 5.26 Å². The molecule has 0 saturated heterocycles. The monoisotopic (exact) mass is 153 g/mol. The Hall–Kier alpha value is -1.30. The van der Waals surface area contributed by atoms with Crippen molar-refractivity contribution >= 4 is 5.97 Å². The van der Waals surface area contributed by atoms with Gasteiger partial charge in [0.1, 0.15) is 0 Å². The SMILES string of the molecule is CCC/C(=C\C#N)CC(=O)O. The Morgan fingerprint density at radius 3 is 2.73 bits per heavy atom. The summed E-state index contributed by atoms with van der Waals surface area (Å²) in [6.45, 7) is 1.95. The molecule has 0 unspecified atom stereocenters. The van der Waals surface area contributed by atoms with Crippen LogP contribution >= 0.6 is 0 Å². The highest BCUT2D eigenvalue weighted by atomic mass is 16.4. The molecule has 0 atom stereocenters. The van der Waals surface area contributed by atoms with Gasteiger partial charge in [0, 0.05) is 6.08 Å². The third kappa shape index (κ3) is 5.16. The Morgan fingerprint density at radius 1 is 1.73 bits per heavy atom. The van der Waals surface area contributed by atoms with E-state index in [9.17, 15) is 4.79 Å². The number of nitriles is 1. The number of carboxylic acids is 1. The van der Waals surface area contributed by atoms with E-state index >= 15 is 0 Å². The lowest BCUT2D eigenvalue weighted by molar-refractivity contribution is -0.136. The van der Waals surface area contributed by atoms with E-state index in [1.807, 2.05) is 13.0 Å². The van der Waals surface area contributed by atoms with E-state index in [0.717, 1.165) is 6.42 Å². The molecule has 60 valence electrons. The molecule has 11 heavy (non-hydrogen) atoms. The summed E-state index contributed by atoms with van der Waals surface area (Å²) in [5.74, 6) is -0.875. The van der Waals surface area contributed by atoms with Crippen molar-refractivity contribution in [2.24, 2.45) is 0 Å². The second kappa shape index (κ2) is 5.48. The Balaban J connectivity index is 4.02. The molecular weight excluding hydrogens is 142 g/mol. The molecule has 0 heterocycles. The summed E-state index contributed by atoms with van der Waals surface area (Å²) in [5, 5.41) is 16.6. The molecule has 0 radical (unpaired) electrons. The molecule has 0 amide bonds. The Morgan fingerprint density at radius 2 is 2.36 bits per heavy atom. The first kappa shape index (κ1) is 9.70. The van der Waals surface area contributed by atoms with E-state index in [0.29, 0.717) is 12.0 Å². The topological polar surface area (TPSA) is 61.1 Å². The molecule has 0 fully saturated rings. The lowest BCUT2D eigenvalue weighted by Gasteiger charge is -1.98. The fourth-order valence-electron chi connectivity index (χ4n) is 0.818. The number of carbonyl (C=O) groups is 1. The van der Waals surface area contributed by atoms with Crippen molar-refractivity contribution in [1.29, 1.82) is 5.26 Å². The maximum atomic E-state index is 10.2. The van der Waals surface area contributed by atoms with Gasteiger partial charge in [-0.25, -0.2) is 0 Å². The average molecular weight is 153 g/mol. The first-order valence-corrected chi connectivity index (χ1v) is 3.50. The van der Waals surface area contributed by atoms with Crippen LogP contribution in [0.15, 0.2) is 11.6 Å². The zero-order valence-electron chi connectivity index (χ0n) is 6.50. The highest BCUT2D eigenvalue weighted by Crippen LogP contribution is 2.08. The van der Waals surface area contributed by atoms with E-state index in [2.05, 4.69) is 0 Å². The molecule has 3 heteroatoms. The average Bonchev–Trinajstić information content (AvgIpc) is 1.87. The molecule has 0 rings (SSSR count). The van der Waals surface area contributed by atoms with Crippen molar-refractivity contribution < 1.29 is 9.90 Å². The van der Waals surface area contributed by atoms with Gasteiger partial charge in [-0.1, -0.05) is 13.3 Å². The number of nitrogens with zero attached hydrogens (tertiary/aromatic N) is 1. The molecule has 1 N–H and O–H groups in total. The van der Waals surface area contributed by atoms with E-state index < -0.39 is 5.97 Å². The normalized spacial score (nSPS) is 10.7. The van der Waals surface area contributed by atoms with Crippen LogP contribution in [0.5, 0.6) is 0 Å². The van der Waals surface area contributed by atoms with Crippen LogP contribution in [0, 0.1) is 11.3 Å². The molecule has 3 nitrogen and oxygen atoms in total. The zero-order chi connectivity index (χ0) is 8.69. The number of hydrogen-bond acceptors (Lipinski definition) is 2. The predicted molar refractivity (Wildman–Crippen MR) is 40.9 cm³/mol. The highest BCUT2D eigenvalue weighted by molar-refractivity contribution is 5.70. The lowest BCUT2D eigenvalue weighted by Crippen LogP contribution is -1.96. The second-order valence-corrected chi connectivity index (χ2v) is 2.25. The number of rotatable bonds is 4. The van der Waals surface area contributed by atoms with Crippen molar-refractivity contribution in [2.45, 2.75) is 26.2 Å². The van der Waals surface area contributed by atoms with Crippen LogP contribution in [-0.4, -0.2) is 11.1 Å².